The van der Waals surface area contributed by atoms with Crippen molar-refractivity contribution in [1.29, 1.82) is 0 Å². The monoisotopic (exact) mass is 973 g/mol. The first-order chi connectivity index (χ1) is 33.0. The van der Waals surface area contributed by atoms with E-state index in [4.69, 9.17) is 9.05 Å². The predicted molar refractivity (Wildman–Crippen MR) is 293 cm³/mol. The maximum atomic E-state index is 12.8. The van der Waals surface area contributed by atoms with Gasteiger partial charge in [-0.1, -0.05) is 267 Å². The van der Waals surface area contributed by atoms with E-state index in [2.05, 4.69) is 67.8 Å². The summed E-state index contributed by atoms with van der Waals surface area (Å²) < 4.78 is 23.2. The summed E-state index contributed by atoms with van der Waals surface area (Å²) in [4.78, 5) is 25.3. The topological polar surface area (TPSA) is 108 Å². The lowest BCUT2D eigenvalue weighted by atomic mass is 10.0. The Hall–Kier alpha value is -2.06. The molecule has 0 heterocycles. The molecule has 0 aliphatic heterocycles. The minimum atomic E-state index is -4.62. The van der Waals surface area contributed by atoms with E-state index in [0.29, 0.717) is 17.4 Å². The first kappa shape index (κ1) is 65.9. The smallest absolute Gasteiger partial charge is 0.268 e. The summed E-state index contributed by atoms with van der Waals surface area (Å²) in [5, 5.41) is 13.8. The van der Waals surface area contributed by atoms with Crippen LogP contribution in [0.1, 0.15) is 245 Å². The molecule has 396 valence electrons. The van der Waals surface area contributed by atoms with Crippen molar-refractivity contribution in [1.82, 2.24) is 5.32 Å². The molecule has 0 saturated heterocycles. The average Bonchev–Trinajstić information content (AvgIpc) is 3.30. The number of carbonyl (C=O) groups excluding carboxylic acids is 1. The molecule has 0 aliphatic carbocycles. The number of phosphoric ester groups is 1. The first-order valence-corrected chi connectivity index (χ1v) is 29.8. The molecule has 0 fully saturated rings. The van der Waals surface area contributed by atoms with Crippen LogP contribution in [0.3, 0.4) is 0 Å². The number of quaternary nitrogens is 1. The van der Waals surface area contributed by atoms with Crippen LogP contribution < -0.4 is 10.2 Å². The van der Waals surface area contributed by atoms with Crippen LogP contribution in [-0.2, 0) is 18.4 Å². The average molecular weight is 974 g/mol. The van der Waals surface area contributed by atoms with Crippen LogP contribution in [0.2, 0.25) is 0 Å². The van der Waals surface area contributed by atoms with E-state index in [9.17, 15) is 19.4 Å². The third-order valence-corrected chi connectivity index (χ3v) is 13.4. The fourth-order valence-electron chi connectivity index (χ4n) is 8.05. The number of hydrogen-bond acceptors (Lipinski definition) is 6. The van der Waals surface area contributed by atoms with E-state index in [0.717, 1.165) is 44.9 Å². The lowest BCUT2D eigenvalue weighted by Gasteiger charge is -2.29. The molecule has 1 amide bonds. The minimum Gasteiger partial charge on any atom is -0.756 e. The Bertz CT molecular complexity index is 1330. The van der Waals surface area contributed by atoms with Crippen molar-refractivity contribution in [3.05, 3.63) is 72.9 Å². The van der Waals surface area contributed by atoms with Crippen molar-refractivity contribution < 1.29 is 32.9 Å². The van der Waals surface area contributed by atoms with Crippen LogP contribution in [0.5, 0.6) is 0 Å². The molecule has 0 aromatic heterocycles. The van der Waals surface area contributed by atoms with E-state index < -0.39 is 26.6 Å². The Morgan fingerprint density at radius 1 is 0.529 bits per heavy atom. The second kappa shape index (κ2) is 49.9. The number of allylic oxidation sites excluding steroid dienone is 10. The molecule has 0 rings (SSSR count). The number of rotatable bonds is 51. The van der Waals surface area contributed by atoms with Crippen molar-refractivity contribution in [2.24, 2.45) is 0 Å². The minimum absolute atomic E-state index is 0.0203. The fraction of sp³-hybridized carbons (Fsp3) is 0.780. The maximum absolute atomic E-state index is 12.8. The Kier molecular flexibility index (Phi) is 48.4. The van der Waals surface area contributed by atoms with E-state index in [1.165, 1.54) is 173 Å². The number of nitrogens with one attached hydrogen (secondary N) is 1. The van der Waals surface area contributed by atoms with E-state index in [1.807, 2.05) is 33.3 Å². The highest BCUT2D eigenvalue weighted by atomic mass is 31.2. The predicted octanol–water partition coefficient (Wildman–Crippen LogP) is 16.5. The first-order valence-electron chi connectivity index (χ1n) is 28.3. The molecule has 2 N–H and O–H groups in total. The number of amides is 1. The number of aliphatic hydroxyl groups excluding tert-OH is 1. The van der Waals surface area contributed by atoms with Gasteiger partial charge in [-0.2, -0.15) is 0 Å². The normalized spacial score (nSPS) is 14.5. The molecule has 68 heavy (non-hydrogen) atoms. The highest BCUT2D eigenvalue weighted by molar-refractivity contribution is 7.45. The van der Waals surface area contributed by atoms with Gasteiger partial charge in [0.05, 0.1) is 39.9 Å². The van der Waals surface area contributed by atoms with Crippen molar-refractivity contribution in [2.75, 3.05) is 40.9 Å². The van der Waals surface area contributed by atoms with Gasteiger partial charge in [0.15, 0.2) is 0 Å². The number of carbonyl (C=O) groups is 1. The molecule has 8 nitrogen and oxygen atoms in total. The molecule has 9 heteroatoms. The standard InChI is InChI=1S/C59H109N2O6P/c1-6-8-10-12-14-16-18-20-22-23-24-25-26-27-28-29-30-31-32-33-34-35-36-37-39-40-42-44-46-48-50-52-58(62)57(56-67-68(64,65)66-55-54-61(3,4)5)60-59(63)53-51-49-47-45-43-41-38-21-19-17-15-13-11-9-7-2/h9,11,15,17,21,38,43,45,49-52,57-58,62H,6-8,10,12-14,16,18-20,22-37,39-42,44,46-48,53-56H2,1-5H3,(H-,60,63,64,65)/b11-9-,17-15-,38-21-,45-43-,51-49-,52-50+. The summed E-state index contributed by atoms with van der Waals surface area (Å²) in [5.41, 5.74) is 0. The number of hydrogen-bond donors (Lipinski definition) is 2. The second-order valence-electron chi connectivity index (χ2n) is 20.3. The molecule has 0 aromatic rings. The molecule has 0 radical (unpaired) electrons. The van der Waals surface area contributed by atoms with Crippen LogP contribution in [-0.4, -0.2) is 68.5 Å². The summed E-state index contributed by atoms with van der Waals surface area (Å²) in [6.07, 6.45) is 68.9. The zero-order chi connectivity index (χ0) is 49.9. The van der Waals surface area contributed by atoms with Gasteiger partial charge >= 0.3 is 0 Å². The summed E-state index contributed by atoms with van der Waals surface area (Å²) in [6, 6.07) is -0.945. The Morgan fingerprint density at radius 2 is 0.882 bits per heavy atom. The van der Waals surface area contributed by atoms with Gasteiger partial charge in [0.2, 0.25) is 5.91 Å². The molecule has 0 aromatic carbocycles. The van der Waals surface area contributed by atoms with Crippen LogP contribution in [0, 0.1) is 0 Å². The number of likely N-dealkylation sites (N-methyl/N-ethyl adjacent to an activating group) is 1. The Morgan fingerprint density at radius 3 is 1.25 bits per heavy atom. The van der Waals surface area contributed by atoms with Gasteiger partial charge in [0.25, 0.3) is 7.82 Å². The Balaban J connectivity index is 4.18. The number of unbranched alkanes of at least 4 members (excludes halogenated alkanes) is 29. The number of nitrogens with zero attached hydrogens (tertiary/aromatic N) is 1. The van der Waals surface area contributed by atoms with Crippen molar-refractivity contribution in [3.63, 3.8) is 0 Å². The Labute approximate surface area is 421 Å². The molecule has 0 aliphatic rings. The largest absolute Gasteiger partial charge is 0.756 e. The highest BCUT2D eigenvalue weighted by Crippen LogP contribution is 2.38. The summed E-state index contributed by atoms with van der Waals surface area (Å²) in [5.74, 6) is -0.324. The highest BCUT2D eigenvalue weighted by Gasteiger charge is 2.23. The van der Waals surface area contributed by atoms with Gasteiger partial charge in [-0.05, 0) is 44.9 Å². The van der Waals surface area contributed by atoms with E-state index >= 15 is 0 Å². The van der Waals surface area contributed by atoms with Crippen molar-refractivity contribution >= 4 is 13.7 Å². The van der Waals surface area contributed by atoms with Gasteiger partial charge in [0, 0.05) is 6.42 Å². The molecular weight excluding hydrogens is 864 g/mol. The number of phosphoric acid groups is 1. The fourth-order valence-corrected chi connectivity index (χ4v) is 8.77. The molecule has 0 spiro atoms. The van der Waals surface area contributed by atoms with Gasteiger partial charge in [-0.25, -0.2) is 0 Å². The summed E-state index contributed by atoms with van der Waals surface area (Å²) >= 11 is 0. The van der Waals surface area contributed by atoms with Crippen LogP contribution in [0.25, 0.3) is 0 Å². The van der Waals surface area contributed by atoms with Crippen molar-refractivity contribution in [3.8, 4) is 0 Å². The zero-order valence-electron chi connectivity index (χ0n) is 45.0. The third-order valence-electron chi connectivity index (χ3n) is 12.5. The quantitative estimate of drug-likeness (QED) is 0.0272. The number of aliphatic hydroxyl groups is 1. The lowest BCUT2D eigenvalue weighted by molar-refractivity contribution is -0.870. The SMILES string of the molecule is CC/C=C\C/C=C\C/C=C\C/C=C\C/C=C\CC(=O)NC(COP(=O)([O-])OCC[N+](C)(C)C)C(O)/C=C/CCCCCCCCCCCCCCCCCCCCCCCCCCCCCCC. The lowest BCUT2D eigenvalue weighted by Crippen LogP contribution is -2.45. The third kappa shape index (κ3) is 51.8. The molecule has 0 saturated carbocycles. The van der Waals surface area contributed by atoms with Crippen molar-refractivity contribution in [2.45, 2.75) is 257 Å². The second-order valence-corrected chi connectivity index (χ2v) is 21.7. The maximum Gasteiger partial charge on any atom is 0.268 e. The molecule has 0 bridgehead atoms. The van der Waals surface area contributed by atoms with Crippen LogP contribution in [0.15, 0.2) is 72.9 Å². The molecular formula is C59H109N2O6P. The van der Waals surface area contributed by atoms with Crippen LogP contribution >= 0.6 is 7.82 Å². The summed E-state index contributed by atoms with van der Waals surface area (Å²) in [6.45, 7) is 4.47. The van der Waals surface area contributed by atoms with E-state index in [-0.39, 0.29) is 18.9 Å². The zero-order valence-corrected chi connectivity index (χ0v) is 45.9. The van der Waals surface area contributed by atoms with E-state index in [1.54, 1.807) is 12.2 Å². The van der Waals surface area contributed by atoms with Gasteiger partial charge in [-0.3, -0.25) is 9.36 Å². The van der Waals surface area contributed by atoms with Gasteiger partial charge in [0.1, 0.15) is 13.2 Å². The molecule has 3 unspecified atom stereocenters. The van der Waals surface area contributed by atoms with Crippen LogP contribution in [0.4, 0.5) is 0 Å². The van der Waals surface area contributed by atoms with Gasteiger partial charge < -0.3 is 28.8 Å². The summed E-state index contributed by atoms with van der Waals surface area (Å²) in [7, 11) is 1.20. The molecule has 3 atom stereocenters. The van der Waals surface area contributed by atoms with Gasteiger partial charge in [-0.15, -0.1) is 0 Å².